The van der Waals surface area contributed by atoms with Gasteiger partial charge in [0.25, 0.3) is 0 Å². The minimum absolute atomic E-state index is 0.631. The van der Waals surface area contributed by atoms with Gasteiger partial charge in [0.05, 0.1) is 33.5 Å². The minimum atomic E-state index is 0.631. The van der Waals surface area contributed by atoms with Gasteiger partial charge in [-0.1, -0.05) is 121 Å². The Balaban J connectivity index is 1.24. The van der Waals surface area contributed by atoms with Gasteiger partial charge < -0.3 is 0 Å². The van der Waals surface area contributed by atoms with Crippen LogP contribution in [0.3, 0.4) is 0 Å². The predicted molar refractivity (Wildman–Crippen MR) is 220 cm³/mol. The molecule has 0 unspecified atom stereocenters. The van der Waals surface area contributed by atoms with E-state index in [9.17, 15) is 0 Å². The summed E-state index contributed by atoms with van der Waals surface area (Å²) in [4.78, 5) is 30.8. The molecule has 0 spiro atoms. The number of rotatable bonds is 4. The van der Waals surface area contributed by atoms with Gasteiger partial charge in [-0.25, -0.2) is 29.9 Å². The van der Waals surface area contributed by atoms with E-state index in [4.69, 9.17) is 29.9 Å². The highest BCUT2D eigenvalue weighted by atomic mass is 14.9. The smallest absolute Gasteiger partial charge is 0.160 e. The molecule has 0 aliphatic heterocycles. The van der Waals surface area contributed by atoms with Gasteiger partial charge in [-0.3, -0.25) is 0 Å². The third-order valence-electron chi connectivity index (χ3n) is 10.3. The van der Waals surface area contributed by atoms with Crippen molar-refractivity contribution in [1.29, 1.82) is 0 Å². The first-order chi connectivity index (χ1) is 26.7. The van der Waals surface area contributed by atoms with Crippen LogP contribution in [0.4, 0.5) is 0 Å². The second kappa shape index (κ2) is 12.1. The molecular formula is C48H28N6. The predicted octanol–water partition coefficient (Wildman–Crippen LogP) is 11.6. The Labute approximate surface area is 309 Å². The first-order valence-electron chi connectivity index (χ1n) is 17.9. The number of aromatic nitrogens is 6. The van der Waals surface area contributed by atoms with Crippen molar-refractivity contribution in [2.75, 3.05) is 0 Å². The average Bonchev–Trinajstić information content (AvgIpc) is 3.24. The number of fused-ring (bicyclic) bond motifs is 7. The Morgan fingerprint density at radius 3 is 1.19 bits per heavy atom. The summed E-state index contributed by atoms with van der Waals surface area (Å²) >= 11 is 0. The molecule has 0 saturated heterocycles. The summed E-state index contributed by atoms with van der Waals surface area (Å²) in [5.41, 5.74) is 8.68. The maximum Gasteiger partial charge on any atom is 0.160 e. The van der Waals surface area contributed by atoms with Gasteiger partial charge in [0.1, 0.15) is 0 Å². The lowest BCUT2D eigenvalue weighted by molar-refractivity contribution is 1.22. The molecule has 0 fully saturated rings. The highest BCUT2D eigenvalue weighted by molar-refractivity contribution is 6.13. The van der Waals surface area contributed by atoms with Crippen LogP contribution in [-0.2, 0) is 0 Å². The van der Waals surface area contributed by atoms with Crippen molar-refractivity contribution < 1.29 is 0 Å². The number of pyridine rings is 2. The van der Waals surface area contributed by atoms with Crippen LogP contribution >= 0.6 is 0 Å². The van der Waals surface area contributed by atoms with E-state index < -0.39 is 0 Å². The minimum Gasteiger partial charge on any atom is -0.245 e. The number of nitrogens with zero attached hydrogens (tertiary/aromatic N) is 6. The number of hydrogen-bond donors (Lipinski definition) is 0. The van der Waals surface area contributed by atoms with Gasteiger partial charge >= 0.3 is 0 Å². The molecule has 4 aromatic heterocycles. The SMILES string of the molecule is c1ccc2cc(-c3cc(-c4ncc5ccccc5n4)c4ccc5c(-c6ncc7ccccc7n6)cc(-c6ccc7ccccc7c6)nc5c4n3)ccc2c1. The molecule has 6 heteroatoms. The molecule has 0 amide bonds. The third kappa shape index (κ3) is 5.04. The van der Waals surface area contributed by atoms with Crippen LogP contribution in [0.5, 0.6) is 0 Å². The Hall–Kier alpha value is -7.44. The molecule has 54 heavy (non-hydrogen) atoms. The first kappa shape index (κ1) is 30.2. The zero-order chi connectivity index (χ0) is 35.6. The first-order valence-corrected chi connectivity index (χ1v) is 17.9. The Morgan fingerprint density at radius 1 is 0.315 bits per heavy atom. The summed E-state index contributed by atoms with van der Waals surface area (Å²) in [6.07, 6.45) is 3.79. The van der Waals surface area contributed by atoms with Gasteiger partial charge in [0.15, 0.2) is 11.6 Å². The van der Waals surface area contributed by atoms with Crippen LogP contribution in [0.25, 0.3) is 110 Å². The Morgan fingerprint density at radius 2 is 0.722 bits per heavy atom. The molecule has 6 nitrogen and oxygen atoms in total. The summed E-state index contributed by atoms with van der Waals surface area (Å²) < 4.78 is 0. The van der Waals surface area contributed by atoms with Gasteiger partial charge in [0, 0.05) is 56.2 Å². The zero-order valence-corrected chi connectivity index (χ0v) is 28.8. The average molecular weight is 689 g/mol. The van der Waals surface area contributed by atoms with Crippen molar-refractivity contribution in [3.05, 3.63) is 170 Å². The highest BCUT2D eigenvalue weighted by Crippen LogP contribution is 2.39. The number of benzene rings is 7. The molecule has 0 bridgehead atoms. The standard InChI is InChI=1S/C48H28N6/c1-3-11-31-23-33(19-17-29(31)9-1)43-25-39(47-49-27-35-13-5-7-15-41(35)53-47)37-21-22-38-40(48-50-28-36-14-6-8-16-42(36)54-48)26-44(52-46(38)45(37)51-43)34-20-18-30-10-2-4-12-32(30)24-34/h1-28H. The molecule has 0 radical (unpaired) electrons. The van der Waals surface area contributed by atoms with Crippen LogP contribution < -0.4 is 0 Å². The largest absolute Gasteiger partial charge is 0.245 e. The van der Waals surface area contributed by atoms with E-state index in [-0.39, 0.29) is 0 Å². The van der Waals surface area contributed by atoms with E-state index in [0.717, 1.165) is 88.0 Å². The van der Waals surface area contributed by atoms with Gasteiger partial charge in [-0.2, -0.15) is 0 Å². The number of para-hydroxylation sites is 2. The summed E-state index contributed by atoms with van der Waals surface area (Å²) in [6.45, 7) is 0. The van der Waals surface area contributed by atoms with Gasteiger partial charge in [-0.15, -0.1) is 0 Å². The van der Waals surface area contributed by atoms with Crippen molar-refractivity contribution >= 4 is 65.2 Å². The third-order valence-corrected chi connectivity index (χ3v) is 10.3. The lowest BCUT2D eigenvalue weighted by Crippen LogP contribution is -1.98. The maximum absolute atomic E-state index is 5.44. The van der Waals surface area contributed by atoms with Crippen LogP contribution in [0.15, 0.2) is 170 Å². The van der Waals surface area contributed by atoms with E-state index in [0.29, 0.717) is 11.6 Å². The fourth-order valence-electron chi connectivity index (χ4n) is 7.54. The molecule has 0 aliphatic carbocycles. The molecule has 4 heterocycles. The molecule has 0 N–H and O–H groups in total. The molecule has 11 rings (SSSR count). The molecule has 0 saturated carbocycles. The van der Waals surface area contributed by atoms with E-state index in [1.54, 1.807) is 0 Å². The van der Waals surface area contributed by atoms with Crippen molar-refractivity contribution in [2.45, 2.75) is 0 Å². The van der Waals surface area contributed by atoms with E-state index >= 15 is 0 Å². The van der Waals surface area contributed by atoms with Crippen molar-refractivity contribution in [3.8, 4) is 45.3 Å². The maximum atomic E-state index is 5.44. The summed E-state index contributed by atoms with van der Waals surface area (Å²) in [5, 5.41) is 8.44. The fourth-order valence-corrected chi connectivity index (χ4v) is 7.54. The summed E-state index contributed by atoms with van der Waals surface area (Å²) in [5.74, 6) is 1.26. The topological polar surface area (TPSA) is 77.3 Å². The molecule has 0 atom stereocenters. The van der Waals surface area contributed by atoms with Gasteiger partial charge in [0.2, 0.25) is 0 Å². The molecule has 250 valence electrons. The van der Waals surface area contributed by atoms with Crippen molar-refractivity contribution in [3.63, 3.8) is 0 Å². The van der Waals surface area contributed by atoms with E-state index in [2.05, 4.69) is 109 Å². The van der Waals surface area contributed by atoms with Crippen LogP contribution in [0.2, 0.25) is 0 Å². The van der Waals surface area contributed by atoms with Crippen molar-refractivity contribution in [2.24, 2.45) is 0 Å². The highest BCUT2D eigenvalue weighted by Gasteiger charge is 2.20. The van der Waals surface area contributed by atoms with Crippen LogP contribution in [0.1, 0.15) is 0 Å². The molecule has 11 aromatic rings. The molecular weight excluding hydrogens is 661 g/mol. The lowest BCUT2D eigenvalue weighted by atomic mass is 9.97. The molecule has 0 aliphatic rings. The fraction of sp³-hybridized carbons (Fsp3) is 0. The van der Waals surface area contributed by atoms with E-state index in [1.807, 2.05) is 60.9 Å². The Kier molecular flexibility index (Phi) is 6.75. The monoisotopic (exact) mass is 688 g/mol. The second-order valence-electron chi connectivity index (χ2n) is 13.6. The summed E-state index contributed by atoms with van der Waals surface area (Å²) in [7, 11) is 0. The van der Waals surface area contributed by atoms with E-state index in [1.165, 1.54) is 10.8 Å². The van der Waals surface area contributed by atoms with Gasteiger partial charge in [-0.05, 0) is 57.9 Å². The zero-order valence-electron chi connectivity index (χ0n) is 28.8. The normalized spacial score (nSPS) is 11.7. The van der Waals surface area contributed by atoms with Crippen molar-refractivity contribution in [1.82, 2.24) is 29.9 Å². The van der Waals surface area contributed by atoms with Crippen LogP contribution in [-0.4, -0.2) is 29.9 Å². The molecule has 7 aromatic carbocycles. The number of hydrogen-bond acceptors (Lipinski definition) is 6. The quantitative estimate of drug-likeness (QED) is 0.171. The second-order valence-corrected chi connectivity index (χ2v) is 13.6. The summed E-state index contributed by atoms with van der Waals surface area (Å²) in [6, 6.07) is 54.3. The Bertz CT molecular complexity index is 3080. The lowest BCUT2D eigenvalue weighted by Gasteiger charge is -2.15. The van der Waals surface area contributed by atoms with Crippen LogP contribution in [0, 0.1) is 0 Å².